The van der Waals surface area contributed by atoms with Crippen molar-refractivity contribution in [3.63, 3.8) is 0 Å². The Labute approximate surface area is 163 Å². The minimum absolute atomic E-state index is 0.0872. The standard InChI is InChI=1S/C18H15ClN4O3S/c1-10-7-12(19)3-4-14(10)27-11(2)9-23-18(26)17-16(20-5-6-21-17)13(22-23)8-15(24)25/h3-7H,2,8-9H2,1H3,(H,24,25). The van der Waals surface area contributed by atoms with Gasteiger partial charge in [-0.3, -0.25) is 14.6 Å². The van der Waals surface area contributed by atoms with Crippen LogP contribution in [0.25, 0.3) is 11.0 Å². The zero-order chi connectivity index (χ0) is 19.6. The van der Waals surface area contributed by atoms with Crippen LogP contribution < -0.4 is 5.56 Å². The molecule has 0 saturated carbocycles. The lowest BCUT2D eigenvalue weighted by Gasteiger charge is -2.11. The molecule has 0 radical (unpaired) electrons. The van der Waals surface area contributed by atoms with Crippen LogP contribution in [0.3, 0.4) is 0 Å². The van der Waals surface area contributed by atoms with Crippen molar-refractivity contribution in [1.29, 1.82) is 0 Å². The van der Waals surface area contributed by atoms with Gasteiger partial charge in [-0.1, -0.05) is 29.9 Å². The molecule has 0 spiro atoms. The van der Waals surface area contributed by atoms with Gasteiger partial charge in [0, 0.05) is 27.2 Å². The van der Waals surface area contributed by atoms with Crippen LogP contribution in [-0.2, 0) is 17.8 Å². The van der Waals surface area contributed by atoms with E-state index in [1.54, 1.807) is 6.07 Å². The number of hydrogen-bond donors (Lipinski definition) is 1. The summed E-state index contributed by atoms with van der Waals surface area (Å²) in [4.78, 5) is 33.5. The number of aryl methyl sites for hydroxylation is 1. The molecule has 7 nitrogen and oxygen atoms in total. The molecule has 0 aliphatic heterocycles. The van der Waals surface area contributed by atoms with Crippen molar-refractivity contribution in [3.05, 3.63) is 68.7 Å². The molecule has 9 heteroatoms. The van der Waals surface area contributed by atoms with Gasteiger partial charge in [0.25, 0.3) is 5.56 Å². The van der Waals surface area contributed by atoms with Crippen molar-refractivity contribution in [3.8, 4) is 0 Å². The number of carboxylic acid groups (broad SMARTS) is 1. The molecule has 1 N–H and O–H groups in total. The molecule has 2 aromatic heterocycles. The summed E-state index contributed by atoms with van der Waals surface area (Å²) in [6.07, 6.45) is 2.43. The average molecular weight is 403 g/mol. The molecule has 0 saturated heterocycles. The van der Waals surface area contributed by atoms with Gasteiger partial charge in [-0.05, 0) is 30.7 Å². The summed E-state index contributed by atoms with van der Waals surface area (Å²) in [6.45, 7) is 6.05. The SMILES string of the molecule is C=C(Cn1nc(CC(=O)O)c2nccnc2c1=O)Sc1ccc(Cl)cc1C. The molecule has 1 aromatic carbocycles. The highest BCUT2D eigenvalue weighted by Gasteiger charge is 2.16. The maximum atomic E-state index is 12.6. The summed E-state index contributed by atoms with van der Waals surface area (Å²) in [5.41, 5.74) is 1.02. The largest absolute Gasteiger partial charge is 0.481 e. The fraction of sp³-hybridized carbons (Fsp3) is 0.167. The van der Waals surface area contributed by atoms with E-state index in [0.717, 1.165) is 10.5 Å². The predicted molar refractivity (Wildman–Crippen MR) is 104 cm³/mol. The lowest BCUT2D eigenvalue weighted by atomic mass is 10.2. The van der Waals surface area contributed by atoms with Gasteiger partial charge < -0.3 is 5.11 Å². The van der Waals surface area contributed by atoms with Crippen LogP contribution in [0.15, 0.2) is 51.8 Å². The fourth-order valence-electron chi connectivity index (χ4n) is 2.52. The number of benzene rings is 1. The minimum Gasteiger partial charge on any atom is -0.481 e. The zero-order valence-electron chi connectivity index (χ0n) is 14.3. The second-order valence-corrected chi connectivity index (χ2v) is 7.44. The molecular weight excluding hydrogens is 388 g/mol. The Hall–Kier alpha value is -2.71. The molecule has 0 unspecified atom stereocenters. The van der Waals surface area contributed by atoms with Crippen LogP contribution in [0.4, 0.5) is 0 Å². The average Bonchev–Trinajstić information content (AvgIpc) is 2.61. The van der Waals surface area contributed by atoms with E-state index in [-0.39, 0.29) is 29.7 Å². The van der Waals surface area contributed by atoms with E-state index >= 15 is 0 Å². The number of aliphatic carboxylic acids is 1. The molecule has 0 fully saturated rings. The maximum Gasteiger partial charge on any atom is 0.309 e. The highest BCUT2D eigenvalue weighted by molar-refractivity contribution is 8.03. The van der Waals surface area contributed by atoms with Gasteiger partial charge in [-0.2, -0.15) is 5.10 Å². The van der Waals surface area contributed by atoms with Crippen LogP contribution >= 0.6 is 23.4 Å². The third kappa shape index (κ3) is 4.35. The Bertz CT molecular complexity index is 1110. The van der Waals surface area contributed by atoms with E-state index in [4.69, 9.17) is 16.7 Å². The van der Waals surface area contributed by atoms with Crippen molar-refractivity contribution >= 4 is 40.4 Å². The first-order valence-corrected chi connectivity index (χ1v) is 9.09. The number of halogens is 1. The maximum absolute atomic E-state index is 12.6. The van der Waals surface area contributed by atoms with E-state index in [9.17, 15) is 9.59 Å². The Morgan fingerprint density at radius 2 is 2.00 bits per heavy atom. The Morgan fingerprint density at radius 3 is 2.67 bits per heavy atom. The number of thioether (sulfide) groups is 1. The number of nitrogens with zero attached hydrogens (tertiary/aromatic N) is 4. The summed E-state index contributed by atoms with van der Waals surface area (Å²) in [7, 11) is 0. The molecule has 3 rings (SSSR count). The van der Waals surface area contributed by atoms with E-state index in [0.29, 0.717) is 9.93 Å². The molecule has 0 aliphatic carbocycles. The van der Waals surface area contributed by atoms with Gasteiger partial charge in [-0.25, -0.2) is 9.67 Å². The zero-order valence-corrected chi connectivity index (χ0v) is 15.9. The van der Waals surface area contributed by atoms with Crippen LogP contribution in [0.1, 0.15) is 11.3 Å². The van der Waals surface area contributed by atoms with Crippen molar-refractivity contribution in [1.82, 2.24) is 19.7 Å². The monoisotopic (exact) mass is 402 g/mol. The first-order valence-electron chi connectivity index (χ1n) is 7.89. The second kappa shape index (κ2) is 7.89. The normalized spacial score (nSPS) is 10.9. The predicted octanol–water partition coefficient (Wildman–Crippen LogP) is 3.08. The smallest absolute Gasteiger partial charge is 0.309 e. The summed E-state index contributed by atoms with van der Waals surface area (Å²) >= 11 is 7.37. The third-order valence-electron chi connectivity index (χ3n) is 3.69. The highest BCUT2D eigenvalue weighted by atomic mass is 35.5. The lowest BCUT2D eigenvalue weighted by Crippen LogP contribution is -2.27. The summed E-state index contributed by atoms with van der Waals surface area (Å²) in [5.74, 6) is -1.07. The third-order valence-corrected chi connectivity index (χ3v) is 5.02. The van der Waals surface area contributed by atoms with Crippen LogP contribution in [-0.4, -0.2) is 30.8 Å². The van der Waals surface area contributed by atoms with E-state index in [2.05, 4.69) is 21.6 Å². The number of carbonyl (C=O) groups is 1. The van der Waals surface area contributed by atoms with Gasteiger partial charge in [-0.15, -0.1) is 0 Å². The molecular formula is C18H15ClN4O3S. The van der Waals surface area contributed by atoms with Gasteiger partial charge in [0.1, 0.15) is 11.2 Å². The van der Waals surface area contributed by atoms with Crippen LogP contribution in [0, 0.1) is 6.92 Å². The van der Waals surface area contributed by atoms with Crippen molar-refractivity contribution < 1.29 is 9.90 Å². The first kappa shape index (κ1) is 19.1. The second-order valence-electron chi connectivity index (χ2n) is 5.78. The summed E-state index contributed by atoms with van der Waals surface area (Å²) in [6, 6.07) is 5.51. The summed E-state index contributed by atoms with van der Waals surface area (Å²) < 4.78 is 1.18. The van der Waals surface area contributed by atoms with E-state index in [1.807, 2.05) is 19.1 Å². The molecule has 0 bridgehead atoms. The quantitative estimate of drug-likeness (QED) is 0.632. The van der Waals surface area contributed by atoms with Crippen LogP contribution in [0.5, 0.6) is 0 Å². The Morgan fingerprint density at radius 1 is 1.30 bits per heavy atom. The molecule has 0 amide bonds. The van der Waals surface area contributed by atoms with Crippen LogP contribution in [0.2, 0.25) is 5.02 Å². The molecule has 0 atom stereocenters. The number of allylic oxidation sites excluding steroid dienone is 1. The Balaban J connectivity index is 1.94. The number of hydrogen-bond acceptors (Lipinski definition) is 6. The molecule has 0 aliphatic rings. The number of fused-ring (bicyclic) bond motifs is 1. The first-order chi connectivity index (χ1) is 12.8. The van der Waals surface area contributed by atoms with Crippen molar-refractivity contribution in [2.24, 2.45) is 0 Å². The van der Waals surface area contributed by atoms with E-state index in [1.165, 1.54) is 28.8 Å². The van der Waals surface area contributed by atoms with Crippen molar-refractivity contribution in [2.75, 3.05) is 0 Å². The van der Waals surface area contributed by atoms with Gasteiger partial charge in [0.05, 0.1) is 13.0 Å². The van der Waals surface area contributed by atoms with Gasteiger partial charge in [0.15, 0.2) is 5.52 Å². The topological polar surface area (TPSA) is 98.0 Å². The number of aromatic nitrogens is 4. The van der Waals surface area contributed by atoms with Gasteiger partial charge >= 0.3 is 5.97 Å². The number of rotatable bonds is 6. The minimum atomic E-state index is -1.07. The van der Waals surface area contributed by atoms with Gasteiger partial charge in [0.2, 0.25) is 0 Å². The fourth-order valence-corrected chi connectivity index (χ4v) is 3.60. The van der Waals surface area contributed by atoms with E-state index < -0.39 is 11.5 Å². The molecule has 138 valence electrons. The Kier molecular flexibility index (Phi) is 5.57. The molecule has 2 heterocycles. The summed E-state index contributed by atoms with van der Waals surface area (Å²) in [5, 5.41) is 13.9. The number of carboxylic acids is 1. The molecule has 3 aromatic rings. The lowest BCUT2D eigenvalue weighted by molar-refractivity contribution is -0.136. The highest BCUT2D eigenvalue weighted by Crippen LogP contribution is 2.30. The van der Waals surface area contributed by atoms with Crippen molar-refractivity contribution in [2.45, 2.75) is 24.8 Å². The molecule has 27 heavy (non-hydrogen) atoms.